The molecule has 1 fully saturated rings. The number of para-hydroxylation sites is 1. The first-order valence-electron chi connectivity index (χ1n) is 8.62. The summed E-state index contributed by atoms with van der Waals surface area (Å²) in [6, 6.07) is 7.56. The van der Waals surface area contributed by atoms with Gasteiger partial charge in [0.2, 0.25) is 5.91 Å². The van der Waals surface area contributed by atoms with E-state index in [0.717, 1.165) is 49.2 Å². The molecule has 1 aromatic carbocycles. The third kappa shape index (κ3) is 4.14. The molecule has 130 valence electrons. The first-order chi connectivity index (χ1) is 11.6. The maximum absolute atomic E-state index is 12.2. The van der Waals surface area contributed by atoms with Crippen LogP contribution in [0.2, 0.25) is 0 Å². The van der Waals surface area contributed by atoms with Gasteiger partial charge in [-0.3, -0.25) is 9.69 Å². The van der Waals surface area contributed by atoms with Crippen molar-refractivity contribution in [2.75, 3.05) is 46.3 Å². The van der Waals surface area contributed by atoms with Gasteiger partial charge in [-0.25, -0.2) is 0 Å². The Balaban J connectivity index is 1.45. The van der Waals surface area contributed by atoms with E-state index >= 15 is 0 Å². The minimum atomic E-state index is -0.517. The number of rotatable bonds is 6. The fraction of sp³-hybridized carbons (Fsp3) is 0.500. The molecule has 6 heteroatoms. The van der Waals surface area contributed by atoms with E-state index in [4.69, 9.17) is 5.73 Å². The second kappa shape index (κ2) is 7.79. The monoisotopic (exact) mass is 329 g/mol. The van der Waals surface area contributed by atoms with E-state index in [2.05, 4.69) is 33.2 Å². The lowest BCUT2D eigenvalue weighted by atomic mass is 10.1. The number of piperazine rings is 1. The van der Waals surface area contributed by atoms with Gasteiger partial charge in [0.15, 0.2) is 0 Å². The van der Waals surface area contributed by atoms with Gasteiger partial charge in [-0.2, -0.15) is 0 Å². The topological polar surface area (TPSA) is 77.4 Å². The van der Waals surface area contributed by atoms with Crippen LogP contribution in [0.1, 0.15) is 5.56 Å². The number of carbonyl (C=O) groups is 1. The highest BCUT2D eigenvalue weighted by Gasteiger charge is 2.17. The normalized spacial score (nSPS) is 17.9. The molecule has 24 heavy (non-hydrogen) atoms. The molecule has 1 aliphatic heterocycles. The number of hydrogen-bond donors (Lipinski definition) is 3. The summed E-state index contributed by atoms with van der Waals surface area (Å²) >= 11 is 0. The number of hydrogen-bond acceptors (Lipinski definition) is 4. The quantitative estimate of drug-likeness (QED) is 0.717. The highest BCUT2D eigenvalue weighted by molar-refractivity contribution is 5.86. The van der Waals surface area contributed by atoms with Crippen LogP contribution >= 0.6 is 0 Å². The standard InChI is InChI=1S/C18H27N5O/c1-22-8-10-23(11-9-22)7-6-20-18(24)16(19)12-14-13-21-17-5-3-2-4-15(14)17/h2-5,13,16,21H,6-12,19H2,1H3,(H,20,24)/t16-/m0/s1. The summed E-state index contributed by atoms with van der Waals surface area (Å²) in [6.07, 6.45) is 2.49. The van der Waals surface area contributed by atoms with Crippen molar-refractivity contribution in [3.05, 3.63) is 36.0 Å². The predicted octanol–water partition coefficient (Wildman–Crippen LogP) is 0.401. The second-order valence-corrected chi connectivity index (χ2v) is 6.61. The number of aromatic amines is 1. The molecule has 0 saturated carbocycles. The lowest BCUT2D eigenvalue weighted by Crippen LogP contribution is -2.48. The van der Waals surface area contributed by atoms with Gasteiger partial charge >= 0.3 is 0 Å². The van der Waals surface area contributed by atoms with Gasteiger partial charge in [-0.15, -0.1) is 0 Å². The summed E-state index contributed by atoms with van der Waals surface area (Å²) in [7, 11) is 2.14. The van der Waals surface area contributed by atoms with Gasteiger partial charge in [0, 0.05) is 56.4 Å². The molecular weight excluding hydrogens is 302 g/mol. The van der Waals surface area contributed by atoms with E-state index in [1.54, 1.807) is 0 Å². The number of fused-ring (bicyclic) bond motifs is 1. The molecule has 1 aromatic heterocycles. The number of nitrogens with one attached hydrogen (secondary N) is 2. The summed E-state index contributed by atoms with van der Waals surface area (Å²) in [5, 5.41) is 4.11. The number of nitrogens with two attached hydrogens (primary N) is 1. The Hall–Kier alpha value is -1.89. The lowest BCUT2D eigenvalue weighted by molar-refractivity contribution is -0.122. The van der Waals surface area contributed by atoms with E-state index in [0.29, 0.717) is 13.0 Å². The van der Waals surface area contributed by atoms with Crippen LogP contribution in [-0.4, -0.2) is 73.0 Å². The van der Waals surface area contributed by atoms with Crippen molar-refractivity contribution < 1.29 is 4.79 Å². The first kappa shape index (κ1) is 17.0. The Morgan fingerprint density at radius 3 is 2.83 bits per heavy atom. The van der Waals surface area contributed by atoms with Crippen molar-refractivity contribution in [2.24, 2.45) is 5.73 Å². The van der Waals surface area contributed by atoms with Crippen LogP contribution in [0.4, 0.5) is 0 Å². The molecule has 2 aromatic rings. The molecule has 3 rings (SSSR count). The van der Waals surface area contributed by atoms with E-state index < -0.39 is 6.04 Å². The first-order valence-corrected chi connectivity index (χ1v) is 8.62. The molecule has 0 bridgehead atoms. The van der Waals surface area contributed by atoms with Crippen LogP contribution in [-0.2, 0) is 11.2 Å². The number of benzene rings is 1. The Labute approximate surface area is 143 Å². The van der Waals surface area contributed by atoms with E-state index in [-0.39, 0.29) is 5.91 Å². The third-order valence-corrected chi connectivity index (χ3v) is 4.77. The number of H-pyrrole nitrogens is 1. The minimum Gasteiger partial charge on any atom is -0.361 e. The van der Waals surface area contributed by atoms with Gasteiger partial charge in [-0.1, -0.05) is 18.2 Å². The SMILES string of the molecule is CN1CCN(CCNC(=O)[C@@H](N)Cc2c[nH]c3ccccc23)CC1. The Morgan fingerprint density at radius 1 is 1.29 bits per heavy atom. The van der Waals surface area contributed by atoms with Gasteiger partial charge in [0.25, 0.3) is 0 Å². The molecule has 6 nitrogen and oxygen atoms in total. The fourth-order valence-electron chi connectivity index (χ4n) is 3.17. The lowest BCUT2D eigenvalue weighted by Gasteiger charge is -2.32. The summed E-state index contributed by atoms with van der Waals surface area (Å²) in [5.74, 6) is -0.0746. The van der Waals surface area contributed by atoms with Crippen LogP contribution in [0, 0.1) is 0 Å². The van der Waals surface area contributed by atoms with Crippen LogP contribution in [0.25, 0.3) is 10.9 Å². The van der Waals surface area contributed by atoms with Gasteiger partial charge in [0.1, 0.15) is 0 Å². The summed E-state index contributed by atoms with van der Waals surface area (Å²) in [5.41, 5.74) is 8.26. The maximum Gasteiger partial charge on any atom is 0.237 e. The van der Waals surface area contributed by atoms with Gasteiger partial charge < -0.3 is 20.9 Å². The van der Waals surface area contributed by atoms with Crippen molar-refractivity contribution in [1.29, 1.82) is 0 Å². The van der Waals surface area contributed by atoms with Crippen LogP contribution in [0.5, 0.6) is 0 Å². The summed E-state index contributed by atoms with van der Waals surface area (Å²) < 4.78 is 0. The fourth-order valence-corrected chi connectivity index (χ4v) is 3.17. The van der Waals surface area contributed by atoms with Crippen molar-refractivity contribution >= 4 is 16.8 Å². The Kier molecular flexibility index (Phi) is 5.50. The van der Waals surface area contributed by atoms with Gasteiger partial charge in [-0.05, 0) is 25.1 Å². The van der Waals surface area contributed by atoms with Crippen molar-refractivity contribution in [3.8, 4) is 0 Å². The van der Waals surface area contributed by atoms with Crippen molar-refractivity contribution in [3.63, 3.8) is 0 Å². The molecule has 0 radical (unpaired) electrons. The third-order valence-electron chi connectivity index (χ3n) is 4.77. The zero-order chi connectivity index (χ0) is 16.9. The second-order valence-electron chi connectivity index (χ2n) is 6.61. The smallest absolute Gasteiger partial charge is 0.237 e. The van der Waals surface area contributed by atoms with Crippen molar-refractivity contribution in [1.82, 2.24) is 20.1 Å². The Morgan fingerprint density at radius 2 is 2.04 bits per heavy atom. The number of likely N-dealkylation sites (N-methyl/N-ethyl adjacent to an activating group) is 1. The van der Waals surface area contributed by atoms with Crippen LogP contribution < -0.4 is 11.1 Å². The molecule has 4 N–H and O–H groups in total. The molecule has 0 aliphatic carbocycles. The van der Waals surface area contributed by atoms with Gasteiger partial charge in [0.05, 0.1) is 6.04 Å². The number of aromatic nitrogens is 1. The summed E-state index contributed by atoms with van der Waals surface area (Å²) in [6.45, 7) is 5.85. The van der Waals surface area contributed by atoms with Crippen LogP contribution in [0.15, 0.2) is 30.5 Å². The predicted molar refractivity (Wildman–Crippen MR) is 96.9 cm³/mol. The largest absolute Gasteiger partial charge is 0.361 e. The molecule has 1 atom stereocenters. The molecule has 1 saturated heterocycles. The maximum atomic E-state index is 12.2. The molecule has 2 heterocycles. The zero-order valence-electron chi connectivity index (χ0n) is 14.3. The minimum absolute atomic E-state index is 0.0746. The number of carbonyl (C=O) groups excluding carboxylic acids is 1. The van der Waals surface area contributed by atoms with E-state index in [9.17, 15) is 4.79 Å². The average molecular weight is 329 g/mol. The van der Waals surface area contributed by atoms with E-state index in [1.807, 2.05) is 24.4 Å². The Bertz CT molecular complexity index is 675. The number of nitrogens with zero attached hydrogens (tertiary/aromatic N) is 2. The highest BCUT2D eigenvalue weighted by Crippen LogP contribution is 2.18. The van der Waals surface area contributed by atoms with E-state index in [1.165, 1.54) is 0 Å². The van der Waals surface area contributed by atoms with Crippen LogP contribution in [0.3, 0.4) is 0 Å². The highest BCUT2D eigenvalue weighted by atomic mass is 16.2. The zero-order valence-corrected chi connectivity index (χ0v) is 14.3. The molecule has 1 amide bonds. The summed E-state index contributed by atoms with van der Waals surface area (Å²) in [4.78, 5) is 20.2. The molecule has 0 spiro atoms. The average Bonchev–Trinajstić information content (AvgIpc) is 3.00. The molecular formula is C18H27N5O. The van der Waals surface area contributed by atoms with Crippen molar-refractivity contribution in [2.45, 2.75) is 12.5 Å². The molecule has 1 aliphatic rings. The molecule has 0 unspecified atom stereocenters. The number of amides is 1.